The average molecular weight is 270 g/mol. The number of rotatable bonds is 5. The molecule has 0 aromatic heterocycles. The molecule has 1 aliphatic heterocycles. The molecule has 1 heterocycles. The molecule has 1 fully saturated rings. The van der Waals surface area contributed by atoms with Crippen LogP contribution in [0.4, 0.5) is 0 Å². The van der Waals surface area contributed by atoms with Gasteiger partial charge < -0.3 is 10.1 Å². The van der Waals surface area contributed by atoms with Crippen molar-refractivity contribution in [3.8, 4) is 0 Å². The molecule has 0 saturated carbocycles. The summed E-state index contributed by atoms with van der Waals surface area (Å²) in [4.78, 5) is 25.5. The Morgan fingerprint density at radius 1 is 1.37 bits per heavy atom. The zero-order valence-electron chi connectivity index (χ0n) is 12.4. The van der Waals surface area contributed by atoms with Crippen molar-refractivity contribution < 1.29 is 14.3 Å². The van der Waals surface area contributed by atoms with Crippen LogP contribution in [-0.4, -0.2) is 49.6 Å². The molecule has 2 atom stereocenters. The summed E-state index contributed by atoms with van der Waals surface area (Å²) in [7, 11) is 1.41. The van der Waals surface area contributed by atoms with Gasteiger partial charge in [0.1, 0.15) is 0 Å². The van der Waals surface area contributed by atoms with Gasteiger partial charge in [-0.3, -0.25) is 14.5 Å². The van der Waals surface area contributed by atoms with Crippen molar-refractivity contribution in [3.05, 3.63) is 0 Å². The Morgan fingerprint density at radius 2 is 2.05 bits per heavy atom. The summed E-state index contributed by atoms with van der Waals surface area (Å²) in [6, 6.07) is 0.175. The predicted molar refractivity (Wildman–Crippen MR) is 73.6 cm³/mol. The van der Waals surface area contributed by atoms with E-state index in [4.69, 9.17) is 4.74 Å². The number of carbonyl (C=O) groups is 2. The number of esters is 1. The standard InChI is InChI=1S/C14H26N2O3/c1-10(2)11(3)15-13(17)9-16-7-5-6-12(8-16)14(18)19-4/h10-12H,5-9H2,1-4H3,(H,15,17). The van der Waals surface area contributed by atoms with E-state index in [9.17, 15) is 9.59 Å². The molecule has 0 spiro atoms. The normalized spacial score (nSPS) is 22.1. The van der Waals surface area contributed by atoms with Crippen LogP contribution in [0.2, 0.25) is 0 Å². The van der Waals surface area contributed by atoms with Crippen LogP contribution in [0.25, 0.3) is 0 Å². The van der Waals surface area contributed by atoms with Gasteiger partial charge in [-0.25, -0.2) is 0 Å². The van der Waals surface area contributed by atoms with Crippen LogP contribution in [0.5, 0.6) is 0 Å². The van der Waals surface area contributed by atoms with Gasteiger partial charge in [-0.15, -0.1) is 0 Å². The molecule has 1 aliphatic rings. The summed E-state index contributed by atoms with van der Waals surface area (Å²) in [5, 5.41) is 2.99. The highest BCUT2D eigenvalue weighted by molar-refractivity contribution is 5.78. The molecule has 0 bridgehead atoms. The van der Waals surface area contributed by atoms with Crippen LogP contribution in [0.1, 0.15) is 33.6 Å². The first-order valence-corrected chi connectivity index (χ1v) is 7.03. The molecule has 19 heavy (non-hydrogen) atoms. The summed E-state index contributed by atoms with van der Waals surface area (Å²) < 4.78 is 4.77. The van der Waals surface area contributed by atoms with Gasteiger partial charge in [0.2, 0.25) is 5.91 Å². The predicted octanol–water partition coefficient (Wildman–Crippen LogP) is 1.03. The van der Waals surface area contributed by atoms with Gasteiger partial charge in [0, 0.05) is 12.6 Å². The SMILES string of the molecule is COC(=O)C1CCCN(CC(=O)NC(C)C(C)C)C1. The van der Waals surface area contributed by atoms with E-state index < -0.39 is 0 Å². The van der Waals surface area contributed by atoms with Gasteiger partial charge in [-0.05, 0) is 32.2 Å². The minimum Gasteiger partial charge on any atom is -0.469 e. The lowest BCUT2D eigenvalue weighted by atomic mass is 9.98. The molecular weight excluding hydrogens is 244 g/mol. The molecule has 1 rings (SSSR count). The first-order valence-electron chi connectivity index (χ1n) is 7.03. The number of ether oxygens (including phenoxy) is 1. The first kappa shape index (κ1) is 16.0. The maximum absolute atomic E-state index is 11.9. The minimum atomic E-state index is -0.166. The molecule has 2 unspecified atom stereocenters. The molecule has 0 radical (unpaired) electrons. The quantitative estimate of drug-likeness (QED) is 0.758. The van der Waals surface area contributed by atoms with Gasteiger partial charge >= 0.3 is 5.97 Å². The average Bonchev–Trinajstić information content (AvgIpc) is 2.37. The topological polar surface area (TPSA) is 58.6 Å². The van der Waals surface area contributed by atoms with Gasteiger partial charge in [0.05, 0.1) is 19.6 Å². The molecule has 1 amide bonds. The monoisotopic (exact) mass is 270 g/mol. The lowest BCUT2D eigenvalue weighted by Crippen LogP contribution is -2.46. The van der Waals surface area contributed by atoms with E-state index in [1.807, 2.05) is 11.8 Å². The highest BCUT2D eigenvalue weighted by Gasteiger charge is 2.27. The fraction of sp³-hybridized carbons (Fsp3) is 0.857. The van der Waals surface area contributed by atoms with E-state index in [0.29, 0.717) is 19.0 Å². The van der Waals surface area contributed by atoms with Gasteiger partial charge in [0.15, 0.2) is 0 Å². The molecule has 1 saturated heterocycles. The van der Waals surface area contributed by atoms with Crippen LogP contribution in [-0.2, 0) is 14.3 Å². The number of nitrogens with one attached hydrogen (secondary N) is 1. The molecule has 110 valence electrons. The number of nitrogens with zero attached hydrogens (tertiary/aromatic N) is 1. The fourth-order valence-electron chi connectivity index (χ4n) is 2.23. The summed E-state index contributed by atoms with van der Waals surface area (Å²) in [5.74, 6) is 0.203. The van der Waals surface area contributed by atoms with Crippen molar-refractivity contribution in [3.63, 3.8) is 0 Å². The van der Waals surface area contributed by atoms with E-state index in [1.54, 1.807) is 0 Å². The Kier molecular flexibility index (Phi) is 6.28. The van der Waals surface area contributed by atoms with E-state index in [-0.39, 0.29) is 23.8 Å². The summed E-state index contributed by atoms with van der Waals surface area (Å²) in [6.07, 6.45) is 1.79. The summed E-state index contributed by atoms with van der Waals surface area (Å²) >= 11 is 0. The third-order valence-electron chi connectivity index (χ3n) is 3.80. The number of likely N-dealkylation sites (tertiary alicyclic amines) is 1. The van der Waals surface area contributed by atoms with E-state index >= 15 is 0 Å². The lowest BCUT2D eigenvalue weighted by Gasteiger charge is -2.31. The van der Waals surface area contributed by atoms with Crippen LogP contribution in [0.15, 0.2) is 0 Å². The molecule has 5 heteroatoms. The zero-order chi connectivity index (χ0) is 14.4. The minimum absolute atomic E-state index is 0.0340. The van der Waals surface area contributed by atoms with Crippen molar-refractivity contribution in [1.29, 1.82) is 0 Å². The third kappa shape index (κ3) is 5.19. The molecule has 0 aromatic carbocycles. The Morgan fingerprint density at radius 3 is 2.63 bits per heavy atom. The number of hydrogen-bond acceptors (Lipinski definition) is 4. The van der Waals surface area contributed by atoms with Crippen molar-refractivity contribution in [1.82, 2.24) is 10.2 Å². The van der Waals surface area contributed by atoms with Crippen LogP contribution in [0, 0.1) is 11.8 Å². The second-order valence-corrected chi connectivity index (χ2v) is 5.70. The van der Waals surface area contributed by atoms with E-state index in [0.717, 1.165) is 19.4 Å². The fourth-order valence-corrected chi connectivity index (χ4v) is 2.23. The lowest BCUT2D eigenvalue weighted by molar-refractivity contribution is -0.147. The van der Waals surface area contributed by atoms with Crippen LogP contribution >= 0.6 is 0 Å². The number of carbonyl (C=O) groups excluding carboxylic acids is 2. The second kappa shape index (κ2) is 7.48. The molecule has 1 N–H and O–H groups in total. The van der Waals surface area contributed by atoms with Crippen molar-refractivity contribution in [2.45, 2.75) is 39.7 Å². The van der Waals surface area contributed by atoms with E-state index in [2.05, 4.69) is 19.2 Å². The smallest absolute Gasteiger partial charge is 0.309 e. The zero-order valence-corrected chi connectivity index (χ0v) is 12.4. The van der Waals surface area contributed by atoms with Crippen LogP contribution < -0.4 is 5.32 Å². The van der Waals surface area contributed by atoms with Gasteiger partial charge in [-0.1, -0.05) is 13.8 Å². The third-order valence-corrected chi connectivity index (χ3v) is 3.80. The number of methoxy groups -OCH3 is 1. The Hall–Kier alpha value is -1.10. The summed E-state index contributed by atoms with van der Waals surface area (Å²) in [5.41, 5.74) is 0. The van der Waals surface area contributed by atoms with Crippen LogP contribution in [0.3, 0.4) is 0 Å². The number of piperidine rings is 1. The van der Waals surface area contributed by atoms with E-state index in [1.165, 1.54) is 7.11 Å². The highest BCUT2D eigenvalue weighted by Crippen LogP contribution is 2.17. The largest absolute Gasteiger partial charge is 0.469 e. The molecule has 0 aliphatic carbocycles. The number of amides is 1. The highest BCUT2D eigenvalue weighted by atomic mass is 16.5. The Balaban J connectivity index is 2.40. The second-order valence-electron chi connectivity index (χ2n) is 5.70. The van der Waals surface area contributed by atoms with Crippen molar-refractivity contribution in [2.75, 3.05) is 26.7 Å². The Bertz CT molecular complexity index is 318. The molecule has 5 nitrogen and oxygen atoms in total. The van der Waals surface area contributed by atoms with Gasteiger partial charge in [-0.2, -0.15) is 0 Å². The van der Waals surface area contributed by atoms with Gasteiger partial charge in [0.25, 0.3) is 0 Å². The molecular formula is C14H26N2O3. The molecule has 0 aromatic rings. The Labute approximate surface area is 115 Å². The maximum atomic E-state index is 11.9. The van der Waals surface area contributed by atoms with Crippen molar-refractivity contribution in [2.24, 2.45) is 11.8 Å². The summed E-state index contributed by atoms with van der Waals surface area (Å²) in [6.45, 7) is 8.03. The van der Waals surface area contributed by atoms with Crippen molar-refractivity contribution >= 4 is 11.9 Å². The maximum Gasteiger partial charge on any atom is 0.309 e. The number of hydrogen-bond donors (Lipinski definition) is 1. The first-order chi connectivity index (χ1) is 8.93.